The summed E-state index contributed by atoms with van der Waals surface area (Å²) in [5.74, 6) is 0. The third-order valence-electron chi connectivity index (χ3n) is 2.83. The normalized spacial score (nSPS) is 10.6. The van der Waals surface area contributed by atoms with Gasteiger partial charge in [-0.05, 0) is 23.8 Å². The Morgan fingerprint density at radius 2 is 1.88 bits per heavy atom. The van der Waals surface area contributed by atoms with Gasteiger partial charge in [0.2, 0.25) is 0 Å². The summed E-state index contributed by atoms with van der Waals surface area (Å²) in [5.41, 5.74) is 3.46. The summed E-state index contributed by atoms with van der Waals surface area (Å²) in [5, 5.41) is 11.6. The van der Waals surface area contributed by atoms with E-state index in [0.717, 1.165) is 17.7 Å². The third kappa shape index (κ3) is 1.99. The Hall–Kier alpha value is -2.29. The lowest BCUT2D eigenvalue weighted by Gasteiger charge is -2.06. The Kier molecular flexibility index (Phi) is 2.50. The largest absolute Gasteiger partial charge is 0.381 e. The first-order valence-corrected chi connectivity index (χ1v) is 5.63. The molecule has 0 aliphatic rings. The van der Waals surface area contributed by atoms with Crippen molar-refractivity contribution >= 4 is 16.6 Å². The minimum absolute atomic E-state index is 0.806. The summed E-state index contributed by atoms with van der Waals surface area (Å²) in [6.07, 6.45) is 1.87. The summed E-state index contributed by atoms with van der Waals surface area (Å²) >= 11 is 0. The van der Waals surface area contributed by atoms with Gasteiger partial charge < -0.3 is 5.32 Å². The van der Waals surface area contributed by atoms with Gasteiger partial charge in [-0.3, -0.25) is 5.10 Å². The number of fused-ring (bicyclic) bond motifs is 1. The summed E-state index contributed by atoms with van der Waals surface area (Å²) < 4.78 is 0. The SMILES string of the molecule is c1ccc(NCc2cccc3[nH]ncc23)cc1. The average molecular weight is 223 g/mol. The molecule has 84 valence electrons. The van der Waals surface area contributed by atoms with Crippen molar-refractivity contribution in [3.8, 4) is 0 Å². The molecular weight excluding hydrogens is 210 g/mol. The van der Waals surface area contributed by atoms with Gasteiger partial charge in [-0.2, -0.15) is 5.10 Å². The molecule has 0 spiro atoms. The number of nitrogens with zero attached hydrogens (tertiary/aromatic N) is 1. The van der Waals surface area contributed by atoms with Crippen LogP contribution in [-0.2, 0) is 6.54 Å². The molecule has 0 saturated carbocycles. The zero-order valence-corrected chi connectivity index (χ0v) is 9.35. The van der Waals surface area contributed by atoms with Crippen LogP contribution in [0.4, 0.5) is 5.69 Å². The zero-order chi connectivity index (χ0) is 11.5. The molecule has 3 rings (SSSR count). The first-order valence-electron chi connectivity index (χ1n) is 5.63. The molecule has 3 heteroatoms. The number of aromatic nitrogens is 2. The minimum Gasteiger partial charge on any atom is -0.381 e. The van der Waals surface area contributed by atoms with Crippen LogP contribution >= 0.6 is 0 Å². The molecule has 17 heavy (non-hydrogen) atoms. The van der Waals surface area contributed by atoms with E-state index in [4.69, 9.17) is 0 Å². The van der Waals surface area contributed by atoms with Crippen LogP contribution in [0.1, 0.15) is 5.56 Å². The molecule has 0 amide bonds. The molecule has 0 saturated heterocycles. The van der Waals surface area contributed by atoms with Crippen molar-refractivity contribution in [3.05, 3.63) is 60.3 Å². The standard InChI is InChI=1S/C14H13N3/c1-2-6-12(7-3-1)15-9-11-5-4-8-14-13(11)10-16-17-14/h1-8,10,15H,9H2,(H,16,17). The van der Waals surface area contributed by atoms with Crippen molar-refractivity contribution in [3.63, 3.8) is 0 Å². The second-order valence-corrected chi connectivity index (χ2v) is 3.97. The maximum Gasteiger partial charge on any atom is 0.0653 e. The van der Waals surface area contributed by atoms with E-state index in [2.05, 4.69) is 33.7 Å². The van der Waals surface area contributed by atoms with E-state index in [1.165, 1.54) is 10.9 Å². The van der Waals surface area contributed by atoms with Gasteiger partial charge in [0.05, 0.1) is 11.7 Å². The number of hydrogen-bond donors (Lipinski definition) is 2. The summed E-state index contributed by atoms with van der Waals surface area (Å²) in [6, 6.07) is 16.4. The summed E-state index contributed by atoms with van der Waals surface area (Å²) in [4.78, 5) is 0. The molecule has 3 nitrogen and oxygen atoms in total. The van der Waals surface area contributed by atoms with Crippen LogP contribution in [0.25, 0.3) is 10.9 Å². The van der Waals surface area contributed by atoms with Gasteiger partial charge in [-0.15, -0.1) is 0 Å². The fourth-order valence-corrected chi connectivity index (χ4v) is 1.94. The van der Waals surface area contributed by atoms with Gasteiger partial charge in [0.25, 0.3) is 0 Å². The van der Waals surface area contributed by atoms with Gasteiger partial charge >= 0.3 is 0 Å². The first kappa shape index (κ1) is 9.90. The Morgan fingerprint density at radius 1 is 1.00 bits per heavy atom. The van der Waals surface area contributed by atoms with E-state index in [0.29, 0.717) is 0 Å². The lowest BCUT2D eigenvalue weighted by atomic mass is 10.1. The average Bonchev–Trinajstić information content (AvgIpc) is 2.86. The molecule has 0 atom stereocenters. The molecule has 1 aromatic heterocycles. The second-order valence-electron chi connectivity index (χ2n) is 3.97. The van der Waals surface area contributed by atoms with Crippen LogP contribution in [0.3, 0.4) is 0 Å². The Morgan fingerprint density at radius 3 is 2.76 bits per heavy atom. The predicted octanol–water partition coefficient (Wildman–Crippen LogP) is 3.18. The van der Waals surface area contributed by atoms with Crippen LogP contribution in [0, 0.1) is 0 Å². The van der Waals surface area contributed by atoms with Gasteiger partial charge in [0.1, 0.15) is 0 Å². The van der Waals surface area contributed by atoms with Crippen molar-refractivity contribution in [1.29, 1.82) is 0 Å². The number of aromatic amines is 1. The molecule has 0 radical (unpaired) electrons. The van der Waals surface area contributed by atoms with E-state index in [9.17, 15) is 0 Å². The maximum atomic E-state index is 4.06. The molecular formula is C14H13N3. The van der Waals surface area contributed by atoms with Crippen molar-refractivity contribution in [2.45, 2.75) is 6.54 Å². The van der Waals surface area contributed by atoms with Crippen LogP contribution in [0.2, 0.25) is 0 Å². The van der Waals surface area contributed by atoms with E-state index in [-0.39, 0.29) is 0 Å². The first-order chi connectivity index (χ1) is 8.43. The van der Waals surface area contributed by atoms with E-state index < -0.39 is 0 Å². The molecule has 0 aliphatic heterocycles. The van der Waals surface area contributed by atoms with Crippen molar-refractivity contribution in [2.24, 2.45) is 0 Å². The summed E-state index contributed by atoms with van der Waals surface area (Å²) in [7, 11) is 0. The van der Waals surface area contributed by atoms with Gasteiger partial charge in [-0.1, -0.05) is 30.3 Å². The highest BCUT2D eigenvalue weighted by molar-refractivity contribution is 5.81. The molecule has 2 N–H and O–H groups in total. The number of para-hydroxylation sites is 1. The van der Waals surface area contributed by atoms with E-state index in [1.54, 1.807) is 0 Å². The monoisotopic (exact) mass is 223 g/mol. The zero-order valence-electron chi connectivity index (χ0n) is 9.35. The highest BCUT2D eigenvalue weighted by Crippen LogP contribution is 2.17. The predicted molar refractivity (Wildman–Crippen MR) is 69.9 cm³/mol. The molecule has 0 unspecified atom stereocenters. The number of anilines is 1. The highest BCUT2D eigenvalue weighted by atomic mass is 15.1. The molecule has 0 aliphatic carbocycles. The molecule has 1 heterocycles. The van der Waals surface area contributed by atoms with Crippen molar-refractivity contribution in [1.82, 2.24) is 10.2 Å². The fraction of sp³-hybridized carbons (Fsp3) is 0.0714. The number of rotatable bonds is 3. The maximum absolute atomic E-state index is 4.06. The highest BCUT2D eigenvalue weighted by Gasteiger charge is 2.01. The van der Waals surface area contributed by atoms with Crippen molar-refractivity contribution in [2.75, 3.05) is 5.32 Å². The molecule has 2 aromatic carbocycles. The fourth-order valence-electron chi connectivity index (χ4n) is 1.94. The Labute approximate surface area is 99.5 Å². The van der Waals surface area contributed by atoms with E-state index >= 15 is 0 Å². The Balaban J connectivity index is 1.84. The van der Waals surface area contributed by atoms with Crippen LogP contribution < -0.4 is 5.32 Å². The molecule has 3 aromatic rings. The smallest absolute Gasteiger partial charge is 0.0653 e. The second kappa shape index (κ2) is 4.29. The van der Waals surface area contributed by atoms with Gasteiger partial charge in [-0.25, -0.2) is 0 Å². The third-order valence-corrected chi connectivity index (χ3v) is 2.83. The van der Waals surface area contributed by atoms with Gasteiger partial charge in [0, 0.05) is 17.6 Å². The van der Waals surface area contributed by atoms with Crippen LogP contribution in [0.5, 0.6) is 0 Å². The number of benzene rings is 2. The molecule has 0 bridgehead atoms. The van der Waals surface area contributed by atoms with Crippen LogP contribution in [0.15, 0.2) is 54.7 Å². The summed E-state index contributed by atoms with van der Waals surface area (Å²) in [6.45, 7) is 0.806. The topological polar surface area (TPSA) is 40.7 Å². The molecule has 0 fully saturated rings. The lowest BCUT2D eigenvalue weighted by Crippen LogP contribution is -1.99. The number of hydrogen-bond acceptors (Lipinski definition) is 2. The lowest BCUT2D eigenvalue weighted by molar-refractivity contribution is 1.12. The Bertz CT molecular complexity index is 613. The number of nitrogens with one attached hydrogen (secondary N) is 2. The van der Waals surface area contributed by atoms with E-state index in [1.807, 2.05) is 36.5 Å². The van der Waals surface area contributed by atoms with Gasteiger partial charge in [0.15, 0.2) is 0 Å². The number of H-pyrrole nitrogens is 1. The minimum atomic E-state index is 0.806. The van der Waals surface area contributed by atoms with Crippen LogP contribution in [-0.4, -0.2) is 10.2 Å². The quantitative estimate of drug-likeness (QED) is 0.716. The van der Waals surface area contributed by atoms with Crippen molar-refractivity contribution < 1.29 is 0 Å².